The highest BCUT2D eigenvalue weighted by Crippen LogP contribution is 2.19. The first-order chi connectivity index (χ1) is 11.0. The van der Waals surface area contributed by atoms with Gasteiger partial charge in [-0.1, -0.05) is 6.92 Å². The summed E-state index contributed by atoms with van der Waals surface area (Å²) in [5.74, 6) is 0.492. The molecule has 6 nitrogen and oxygen atoms in total. The topological polar surface area (TPSA) is 75.2 Å². The van der Waals surface area contributed by atoms with Gasteiger partial charge in [0, 0.05) is 25.2 Å². The lowest BCUT2D eigenvalue weighted by molar-refractivity contribution is 0.0683. The number of aryl methyl sites for hydroxylation is 1. The van der Waals surface area contributed by atoms with Crippen molar-refractivity contribution in [3.8, 4) is 0 Å². The fraction of sp³-hybridized carbons (Fsp3) is 0.471. The third-order valence-corrected chi connectivity index (χ3v) is 4.48. The van der Waals surface area contributed by atoms with E-state index in [1.807, 2.05) is 11.8 Å². The van der Waals surface area contributed by atoms with Crippen molar-refractivity contribution in [2.75, 3.05) is 13.1 Å². The van der Waals surface area contributed by atoms with Crippen molar-refractivity contribution < 1.29 is 4.79 Å². The second-order valence-corrected chi connectivity index (χ2v) is 6.23. The van der Waals surface area contributed by atoms with Gasteiger partial charge in [0.2, 0.25) is 0 Å². The lowest BCUT2D eigenvalue weighted by atomic mass is 9.99. The van der Waals surface area contributed by atoms with Crippen molar-refractivity contribution in [3.63, 3.8) is 0 Å². The van der Waals surface area contributed by atoms with Crippen molar-refractivity contribution in [1.29, 1.82) is 0 Å². The average Bonchev–Trinajstić information content (AvgIpc) is 2.55. The number of carbonyl (C=O) groups is 1. The fourth-order valence-electron chi connectivity index (χ4n) is 3.28. The van der Waals surface area contributed by atoms with E-state index >= 15 is 0 Å². The van der Waals surface area contributed by atoms with Gasteiger partial charge in [0.15, 0.2) is 0 Å². The van der Waals surface area contributed by atoms with Gasteiger partial charge in [-0.05, 0) is 43.9 Å². The second-order valence-electron chi connectivity index (χ2n) is 6.23. The molecule has 1 N–H and O–H groups in total. The molecule has 1 amide bonds. The van der Waals surface area contributed by atoms with Crippen molar-refractivity contribution >= 4 is 16.9 Å². The van der Waals surface area contributed by atoms with Gasteiger partial charge in [0.1, 0.15) is 0 Å². The number of aromatic nitrogens is 2. The molecule has 0 bridgehead atoms. The maximum Gasteiger partial charge on any atom is 0.316 e. The predicted octanol–water partition coefficient (Wildman–Crippen LogP) is 1.58. The molecule has 2 aromatic rings. The number of carbonyl (C=O) groups excluding carboxylic acids is 1. The molecule has 0 saturated carbocycles. The molecule has 122 valence electrons. The summed E-state index contributed by atoms with van der Waals surface area (Å²) >= 11 is 0. The van der Waals surface area contributed by atoms with Crippen LogP contribution >= 0.6 is 0 Å². The summed E-state index contributed by atoms with van der Waals surface area (Å²) < 4.78 is 1.42. The predicted molar refractivity (Wildman–Crippen MR) is 88.8 cm³/mol. The summed E-state index contributed by atoms with van der Waals surface area (Å²) in [5, 5.41) is 0. The Morgan fingerprint density at radius 3 is 2.83 bits per heavy atom. The first-order valence-electron chi connectivity index (χ1n) is 8.07. The van der Waals surface area contributed by atoms with Crippen LogP contribution in [0.5, 0.6) is 0 Å². The quantitative estimate of drug-likeness (QED) is 0.855. The van der Waals surface area contributed by atoms with E-state index in [2.05, 4.69) is 11.9 Å². The molecule has 3 rings (SSSR count). The zero-order chi connectivity index (χ0) is 16.6. The third kappa shape index (κ3) is 2.81. The first-order valence-corrected chi connectivity index (χ1v) is 8.07. The maximum atomic E-state index is 12.7. The molecule has 1 aliphatic heterocycles. The molecule has 1 fully saturated rings. The number of nitrogens with one attached hydrogen (secondary N) is 1. The number of hydrogen-bond acceptors (Lipinski definition) is 3. The summed E-state index contributed by atoms with van der Waals surface area (Å²) in [6.45, 7) is 5.91. The molecular formula is C17H21N3O3. The Labute approximate surface area is 133 Å². The van der Waals surface area contributed by atoms with Crippen molar-refractivity contribution in [2.24, 2.45) is 5.92 Å². The van der Waals surface area contributed by atoms with Crippen LogP contribution in [0, 0.1) is 5.92 Å². The summed E-state index contributed by atoms with van der Waals surface area (Å²) in [6.07, 6.45) is 2.17. The molecule has 0 radical (unpaired) electrons. The van der Waals surface area contributed by atoms with E-state index in [4.69, 9.17) is 0 Å². The normalized spacial score (nSPS) is 18.3. The molecule has 6 heteroatoms. The van der Waals surface area contributed by atoms with Crippen LogP contribution in [0.2, 0.25) is 0 Å². The van der Waals surface area contributed by atoms with Crippen molar-refractivity contribution in [3.05, 3.63) is 44.5 Å². The van der Waals surface area contributed by atoms with Crippen molar-refractivity contribution in [2.45, 2.75) is 33.2 Å². The number of amides is 1. The van der Waals surface area contributed by atoms with E-state index in [-0.39, 0.29) is 5.91 Å². The number of nitrogens with zero attached hydrogens (tertiary/aromatic N) is 2. The Bertz CT molecular complexity index is 865. The van der Waals surface area contributed by atoms with Crippen LogP contribution in [0.1, 0.15) is 37.0 Å². The summed E-state index contributed by atoms with van der Waals surface area (Å²) in [7, 11) is 0. The molecule has 0 aliphatic carbocycles. The highest BCUT2D eigenvalue weighted by Gasteiger charge is 2.22. The number of hydrogen-bond donors (Lipinski definition) is 1. The third-order valence-electron chi connectivity index (χ3n) is 4.48. The van der Waals surface area contributed by atoms with Gasteiger partial charge < -0.3 is 14.5 Å². The van der Waals surface area contributed by atoms with Gasteiger partial charge in [-0.2, -0.15) is 0 Å². The van der Waals surface area contributed by atoms with Crippen LogP contribution in [-0.4, -0.2) is 33.4 Å². The summed E-state index contributed by atoms with van der Waals surface area (Å²) in [4.78, 5) is 40.7. The Balaban J connectivity index is 2.03. The second kappa shape index (κ2) is 6.02. The summed E-state index contributed by atoms with van der Waals surface area (Å²) in [6, 6.07) is 5.13. The van der Waals surface area contributed by atoms with E-state index < -0.39 is 11.1 Å². The van der Waals surface area contributed by atoms with E-state index in [0.717, 1.165) is 25.9 Å². The molecule has 1 unspecified atom stereocenters. The van der Waals surface area contributed by atoms with E-state index in [1.54, 1.807) is 18.2 Å². The minimum atomic E-state index is -0.657. The zero-order valence-corrected chi connectivity index (χ0v) is 13.5. The van der Waals surface area contributed by atoms with E-state index in [0.29, 0.717) is 29.1 Å². The number of aromatic amines is 1. The molecule has 2 heterocycles. The number of H-pyrrole nitrogens is 1. The van der Waals surface area contributed by atoms with Gasteiger partial charge in [0.05, 0.1) is 11.0 Å². The molecule has 1 aromatic heterocycles. The van der Waals surface area contributed by atoms with Crippen LogP contribution < -0.4 is 11.1 Å². The molecule has 1 aliphatic rings. The Hall–Kier alpha value is -2.37. The Morgan fingerprint density at radius 2 is 2.13 bits per heavy atom. The monoisotopic (exact) mass is 315 g/mol. The smallest absolute Gasteiger partial charge is 0.316 e. The van der Waals surface area contributed by atoms with E-state index in [1.165, 1.54) is 4.57 Å². The molecule has 1 atom stereocenters. The van der Waals surface area contributed by atoms with Crippen molar-refractivity contribution in [1.82, 2.24) is 14.5 Å². The van der Waals surface area contributed by atoms with Gasteiger partial charge in [-0.25, -0.2) is 0 Å². The standard InChI is InChI=1S/C17H21N3O3/c1-3-20-14-7-6-12(9-13(14)18-15(21)17(20)23)16(22)19-8-4-5-11(2)10-19/h6-7,9,11H,3-5,8,10H2,1-2H3,(H,18,21). The number of fused-ring (bicyclic) bond motifs is 1. The van der Waals surface area contributed by atoms with Crippen LogP contribution in [0.15, 0.2) is 27.8 Å². The van der Waals surface area contributed by atoms with Gasteiger partial charge in [0.25, 0.3) is 5.91 Å². The number of rotatable bonds is 2. The lowest BCUT2D eigenvalue weighted by Gasteiger charge is -2.31. The average molecular weight is 315 g/mol. The summed E-state index contributed by atoms with van der Waals surface area (Å²) in [5.41, 5.74) is 0.482. The van der Waals surface area contributed by atoms with Crippen LogP contribution in [0.3, 0.4) is 0 Å². The fourth-order valence-corrected chi connectivity index (χ4v) is 3.28. The molecule has 1 aromatic carbocycles. The van der Waals surface area contributed by atoms with Crippen LogP contribution in [-0.2, 0) is 6.54 Å². The Morgan fingerprint density at radius 1 is 1.35 bits per heavy atom. The maximum absolute atomic E-state index is 12.7. The molecule has 23 heavy (non-hydrogen) atoms. The van der Waals surface area contributed by atoms with E-state index in [9.17, 15) is 14.4 Å². The number of benzene rings is 1. The zero-order valence-electron chi connectivity index (χ0n) is 13.5. The number of piperidine rings is 1. The van der Waals surface area contributed by atoms with Crippen LogP contribution in [0.4, 0.5) is 0 Å². The first kappa shape index (κ1) is 15.5. The molecule has 1 saturated heterocycles. The minimum Gasteiger partial charge on any atom is -0.338 e. The molecular weight excluding hydrogens is 294 g/mol. The van der Waals surface area contributed by atoms with Gasteiger partial charge in [-0.3, -0.25) is 14.4 Å². The largest absolute Gasteiger partial charge is 0.338 e. The number of likely N-dealkylation sites (tertiary alicyclic amines) is 1. The highest BCUT2D eigenvalue weighted by molar-refractivity contribution is 5.97. The SMILES string of the molecule is CCn1c(=O)c(=O)[nH]c2cc(C(=O)N3CCCC(C)C3)ccc21. The Kier molecular flexibility index (Phi) is 4.07. The molecule has 0 spiro atoms. The highest BCUT2D eigenvalue weighted by atomic mass is 16.2. The van der Waals surface area contributed by atoms with Gasteiger partial charge in [-0.15, -0.1) is 0 Å². The lowest BCUT2D eigenvalue weighted by Crippen LogP contribution is -2.39. The van der Waals surface area contributed by atoms with Gasteiger partial charge >= 0.3 is 11.1 Å². The minimum absolute atomic E-state index is 0.0199. The van der Waals surface area contributed by atoms with Crippen LogP contribution in [0.25, 0.3) is 11.0 Å².